The van der Waals surface area contributed by atoms with Gasteiger partial charge in [0.25, 0.3) is 5.91 Å². The minimum Gasteiger partial charge on any atom is -0.320 e. The van der Waals surface area contributed by atoms with Gasteiger partial charge in [0, 0.05) is 11.6 Å². The molecule has 0 bridgehead atoms. The monoisotopic (exact) mass is 440 g/mol. The Hall–Kier alpha value is -4.50. The highest BCUT2D eigenvalue weighted by Gasteiger charge is 2.19. The van der Waals surface area contributed by atoms with Gasteiger partial charge in [-0.25, -0.2) is 0 Å². The molecular formula is C31H24N2O. The Bertz CT molecular complexity index is 1480. The van der Waals surface area contributed by atoms with Crippen LogP contribution in [0.4, 0.5) is 5.69 Å². The molecule has 3 heteroatoms. The molecule has 0 aliphatic heterocycles. The third-order valence-electron chi connectivity index (χ3n) is 5.87. The summed E-state index contributed by atoms with van der Waals surface area (Å²) in [5.74, 6) is -0.152. The maximum Gasteiger partial charge on any atom is 0.256 e. The number of aryl methyl sites for hydroxylation is 1. The van der Waals surface area contributed by atoms with Gasteiger partial charge in [-0.1, -0.05) is 97.1 Å². The van der Waals surface area contributed by atoms with Gasteiger partial charge in [0.15, 0.2) is 0 Å². The van der Waals surface area contributed by atoms with Crippen LogP contribution >= 0.6 is 0 Å². The molecule has 0 fully saturated rings. The van der Waals surface area contributed by atoms with Gasteiger partial charge in [0.1, 0.15) is 0 Å². The van der Waals surface area contributed by atoms with Crippen molar-refractivity contribution < 1.29 is 4.79 Å². The summed E-state index contributed by atoms with van der Waals surface area (Å²) in [6, 6.07) is 36.1. The van der Waals surface area contributed by atoms with Crippen LogP contribution in [0.1, 0.15) is 32.6 Å². The van der Waals surface area contributed by atoms with Crippen molar-refractivity contribution in [3.05, 3.63) is 143 Å². The highest BCUT2D eigenvalue weighted by molar-refractivity contribution is 6.13. The maximum absolute atomic E-state index is 13.7. The van der Waals surface area contributed by atoms with Crippen molar-refractivity contribution in [1.82, 2.24) is 4.98 Å². The molecule has 5 rings (SSSR count). The van der Waals surface area contributed by atoms with E-state index in [0.717, 1.165) is 38.7 Å². The summed E-state index contributed by atoms with van der Waals surface area (Å²) in [4.78, 5) is 18.2. The lowest BCUT2D eigenvalue weighted by molar-refractivity contribution is 0.102. The Balaban J connectivity index is 1.63. The molecule has 0 saturated carbocycles. The Morgan fingerprint density at radius 2 is 1.47 bits per heavy atom. The van der Waals surface area contributed by atoms with E-state index in [1.54, 1.807) is 6.20 Å². The van der Waals surface area contributed by atoms with E-state index in [1.165, 1.54) is 0 Å². The number of nitrogens with zero attached hydrogens (tertiary/aromatic N) is 1. The number of anilines is 1. The second-order valence-electron chi connectivity index (χ2n) is 8.17. The van der Waals surface area contributed by atoms with Crippen LogP contribution < -0.4 is 5.32 Å². The molecule has 0 aliphatic carbocycles. The summed E-state index contributed by atoms with van der Waals surface area (Å²) in [5, 5.41) is 4.11. The summed E-state index contributed by atoms with van der Waals surface area (Å²) in [5.41, 5.74) is 7.06. The third-order valence-corrected chi connectivity index (χ3v) is 5.87. The number of fused-ring (bicyclic) bond motifs is 1. The topological polar surface area (TPSA) is 42.0 Å². The van der Waals surface area contributed by atoms with E-state index in [0.29, 0.717) is 11.3 Å². The smallest absolute Gasteiger partial charge is 0.256 e. The van der Waals surface area contributed by atoms with Gasteiger partial charge >= 0.3 is 0 Å². The van der Waals surface area contributed by atoms with Crippen molar-refractivity contribution in [3.63, 3.8) is 0 Å². The number of rotatable bonds is 5. The number of nitrogens with one attached hydrogen (secondary N) is 1. The van der Waals surface area contributed by atoms with Crippen molar-refractivity contribution >= 4 is 34.1 Å². The molecule has 0 unspecified atom stereocenters. The SMILES string of the molecule is Cc1cccc(/C(=C/c2ccccc2)c2ccccc2)c1C(=O)Nc1cccc2cccnc12. The van der Waals surface area contributed by atoms with Gasteiger partial charge in [0.2, 0.25) is 0 Å². The van der Waals surface area contributed by atoms with Gasteiger partial charge in [-0.15, -0.1) is 0 Å². The van der Waals surface area contributed by atoms with Gasteiger partial charge < -0.3 is 5.32 Å². The molecule has 1 amide bonds. The summed E-state index contributed by atoms with van der Waals surface area (Å²) in [6.07, 6.45) is 3.88. The standard InChI is InChI=1S/C31H24N2O/c1-22-11-8-18-26(27(24-14-6-3-7-15-24)21-23-12-4-2-5-13-23)29(22)31(34)33-28-19-9-16-25-17-10-20-32-30(25)28/h2-21H,1H3,(H,33,34)/b27-21+. The normalized spacial score (nSPS) is 11.4. The van der Waals surface area contributed by atoms with Crippen molar-refractivity contribution in [2.45, 2.75) is 6.92 Å². The Morgan fingerprint density at radius 3 is 2.26 bits per heavy atom. The number of hydrogen-bond acceptors (Lipinski definition) is 2. The first-order valence-electron chi connectivity index (χ1n) is 11.3. The molecule has 164 valence electrons. The zero-order valence-electron chi connectivity index (χ0n) is 18.9. The number of para-hydroxylation sites is 1. The van der Waals surface area contributed by atoms with Crippen molar-refractivity contribution in [2.75, 3.05) is 5.32 Å². The lowest BCUT2D eigenvalue weighted by atomic mass is 9.89. The number of carbonyl (C=O) groups is 1. The number of benzene rings is 4. The molecule has 0 atom stereocenters. The number of hydrogen-bond donors (Lipinski definition) is 1. The maximum atomic E-state index is 13.7. The molecule has 1 heterocycles. The van der Waals surface area contributed by atoms with E-state index in [4.69, 9.17) is 0 Å². The van der Waals surface area contributed by atoms with Crippen LogP contribution in [0.5, 0.6) is 0 Å². The van der Waals surface area contributed by atoms with Crippen LogP contribution in [0.2, 0.25) is 0 Å². The Kier molecular flexibility index (Phi) is 6.00. The van der Waals surface area contributed by atoms with Gasteiger partial charge in [-0.3, -0.25) is 9.78 Å². The second-order valence-corrected chi connectivity index (χ2v) is 8.17. The van der Waals surface area contributed by atoms with E-state index in [9.17, 15) is 4.79 Å². The minimum atomic E-state index is -0.152. The van der Waals surface area contributed by atoms with Crippen LogP contribution in [0.25, 0.3) is 22.6 Å². The number of amides is 1. The van der Waals surface area contributed by atoms with Gasteiger partial charge in [0.05, 0.1) is 16.8 Å². The molecule has 1 N–H and O–H groups in total. The molecule has 0 aliphatic rings. The van der Waals surface area contributed by atoms with Crippen molar-refractivity contribution in [1.29, 1.82) is 0 Å². The fourth-order valence-electron chi connectivity index (χ4n) is 4.23. The molecule has 0 spiro atoms. The first-order valence-corrected chi connectivity index (χ1v) is 11.3. The summed E-state index contributed by atoms with van der Waals surface area (Å²) in [6.45, 7) is 1.98. The molecule has 1 aromatic heterocycles. The largest absolute Gasteiger partial charge is 0.320 e. The predicted molar refractivity (Wildman–Crippen MR) is 141 cm³/mol. The fraction of sp³-hybridized carbons (Fsp3) is 0.0323. The molecule has 34 heavy (non-hydrogen) atoms. The number of carbonyl (C=O) groups excluding carboxylic acids is 1. The van der Waals surface area contributed by atoms with E-state index in [1.807, 2.05) is 91.9 Å². The van der Waals surface area contributed by atoms with E-state index >= 15 is 0 Å². The first kappa shape index (κ1) is 21.4. The van der Waals surface area contributed by atoms with Crippen molar-refractivity contribution in [2.24, 2.45) is 0 Å². The second kappa shape index (κ2) is 9.55. The molecular weight excluding hydrogens is 416 g/mol. The van der Waals surface area contributed by atoms with E-state index in [-0.39, 0.29) is 5.91 Å². The molecule has 4 aromatic carbocycles. The summed E-state index contributed by atoms with van der Waals surface area (Å²) in [7, 11) is 0. The lowest BCUT2D eigenvalue weighted by Gasteiger charge is -2.17. The van der Waals surface area contributed by atoms with Gasteiger partial charge in [-0.2, -0.15) is 0 Å². The van der Waals surface area contributed by atoms with Crippen LogP contribution in [-0.2, 0) is 0 Å². The minimum absolute atomic E-state index is 0.152. The number of pyridine rings is 1. The lowest BCUT2D eigenvalue weighted by Crippen LogP contribution is -2.16. The average Bonchev–Trinajstić information content (AvgIpc) is 2.88. The quantitative estimate of drug-likeness (QED) is 0.290. The van der Waals surface area contributed by atoms with E-state index < -0.39 is 0 Å². The highest BCUT2D eigenvalue weighted by atomic mass is 16.1. The molecule has 0 radical (unpaired) electrons. The zero-order chi connectivity index (χ0) is 23.3. The summed E-state index contributed by atoms with van der Waals surface area (Å²) >= 11 is 0. The molecule has 5 aromatic rings. The average molecular weight is 441 g/mol. The Labute approximate surface area is 199 Å². The van der Waals surface area contributed by atoms with Crippen LogP contribution in [0.3, 0.4) is 0 Å². The van der Waals surface area contributed by atoms with Crippen LogP contribution in [0.15, 0.2) is 115 Å². The third kappa shape index (κ3) is 4.37. The molecule has 3 nitrogen and oxygen atoms in total. The number of aromatic nitrogens is 1. The van der Waals surface area contributed by atoms with Crippen LogP contribution in [-0.4, -0.2) is 10.9 Å². The predicted octanol–water partition coefficient (Wildman–Crippen LogP) is 7.38. The Morgan fingerprint density at radius 1 is 0.765 bits per heavy atom. The highest BCUT2D eigenvalue weighted by Crippen LogP contribution is 2.31. The van der Waals surface area contributed by atoms with Crippen LogP contribution in [0, 0.1) is 6.92 Å². The van der Waals surface area contributed by atoms with Crippen molar-refractivity contribution in [3.8, 4) is 0 Å². The first-order chi connectivity index (χ1) is 16.7. The zero-order valence-corrected chi connectivity index (χ0v) is 18.9. The van der Waals surface area contributed by atoms with Gasteiger partial charge in [-0.05, 0) is 53.0 Å². The summed E-state index contributed by atoms with van der Waals surface area (Å²) < 4.78 is 0. The van der Waals surface area contributed by atoms with E-state index in [2.05, 4.69) is 40.6 Å². The fourth-order valence-corrected chi connectivity index (χ4v) is 4.23. The molecule has 0 saturated heterocycles.